The Kier molecular flexibility index (Phi) is 6.92. The van der Waals surface area contributed by atoms with Crippen LogP contribution in [0.2, 0.25) is 0 Å². The van der Waals surface area contributed by atoms with E-state index in [-0.39, 0.29) is 17.7 Å². The van der Waals surface area contributed by atoms with Crippen LogP contribution in [-0.4, -0.2) is 26.4 Å². The number of hydrogen-bond acceptors (Lipinski definition) is 5. The molecule has 162 valence electrons. The van der Waals surface area contributed by atoms with Gasteiger partial charge in [-0.3, -0.25) is 4.79 Å². The van der Waals surface area contributed by atoms with E-state index in [1.807, 2.05) is 54.9 Å². The number of fused-ring (bicyclic) bond motifs is 1. The molecule has 0 bridgehead atoms. The monoisotopic (exact) mass is 436 g/mol. The SMILES string of the molecule is C[C@H](NC(=O)CSc1nnc(COc2ccc3c(c2)CCCC3)n1C)c1ccccc1. The summed E-state index contributed by atoms with van der Waals surface area (Å²) in [6.45, 7) is 2.33. The first-order chi connectivity index (χ1) is 15.1. The molecule has 1 atom stereocenters. The fraction of sp³-hybridized carbons (Fsp3) is 0.375. The van der Waals surface area contributed by atoms with Crippen LogP contribution in [0.5, 0.6) is 5.75 Å². The third-order valence-corrected chi connectivity index (χ3v) is 6.64. The van der Waals surface area contributed by atoms with Crippen LogP contribution in [0.3, 0.4) is 0 Å². The molecular weight excluding hydrogens is 408 g/mol. The highest BCUT2D eigenvalue weighted by atomic mass is 32.2. The lowest BCUT2D eigenvalue weighted by Crippen LogP contribution is -2.28. The average molecular weight is 437 g/mol. The van der Waals surface area contributed by atoms with Gasteiger partial charge in [0.05, 0.1) is 11.8 Å². The van der Waals surface area contributed by atoms with Crippen LogP contribution in [0.1, 0.15) is 48.3 Å². The van der Waals surface area contributed by atoms with Crippen molar-refractivity contribution in [3.8, 4) is 5.75 Å². The largest absolute Gasteiger partial charge is 0.486 e. The van der Waals surface area contributed by atoms with E-state index in [1.165, 1.54) is 35.7 Å². The van der Waals surface area contributed by atoms with Crippen molar-refractivity contribution in [1.29, 1.82) is 0 Å². The van der Waals surface area contributed by atoms with E-state index >= 15 is 0 Å². The summed E-state index contributed by atoms with van der Waals surface area (Å²) in [5, 5.41) is 12.2. The molecule has 1 heterocycles. The molecule has 31 heavy (non-hydrogen) atoms. The maximum Gasteiger partial charge on any atom is 0.230 e. The lowest BCUT2D eigenvalue weighted by molar-refractivity contribution is -0.119. The van der Waals surface area contributed by atoms with Gasteiger partial charge in [0.15, 0.2) is 11.0 Å². The number of nitrogens with zero attached hydrogens (tertiary/aromatic N) is 3. The van der Waals surface area contributed by atoms with Gasteiger partial charge in [-0.25, -0.2) is 0 Å². The number of aromatic nitrogens is 3. The third-order valence-electron chi connectivity index (χ3n) is 5.62. The van der Waals surface area contributed by atoms with Crippen molar-refractivity contribution in [2.24, 2.45) is 7.05 Å². The number of hydrogen-bond donors (Lipinski definition) is 1. The molecule has 2 aromatic carbocycles. The van der Waals surface area contributed by atoms with E-state index in [9.17, 15) is 4.79 Å². The van der Waals surface area contributed by atoms with E-state index in [2.05, 4.69) is 27.6 Å². The molecule has 0 fully saturated rings. The van der Waals surface area contributed by atoms with Crippen LogP contribution in [0.25, 0.3) is 0 Å². The van der Waals surface area contributed by atoms with Crippen LogP contribution >= 0.6 is 11.8 Å². The summed E-state index contributed by atoms with van der Waals surface area (Å²) in [6, 6.07) is 16.3. The second kappa shape index (κ2) is 10.0. The molecule has 0 radical (unpaired) electrons. The molecule has 0 spiro atoms. The number of carbonyl (C=O) groups is 1. The number of ether oxygens (including phenoxy) is 1. The first-order valence-corrected chi connectivity index (χ1v) is 11.7. The smallest absolute Gasteiger partial charge is 0.230 e. The molecule has 0 unspecified atom stereocenters. The number of carbonyl (C=O) groups excluding carboxylic acids is 1. The lowest BCUT2D eigenvalue weighted by atomic mass is 9.92. The first-order valence-electron chi connectivity index (χ1n) is 10.7. The molecular formula is C24H28N4O2S. The highest BCUT2D eigenvalue weighted by Gasteiger charge is 2.15. The maximum absolute atomic E-state index is 12.3. The van der Waals surface area contributed by atoms with Crippen LogP contribution in [0, 0.1) is 0 Å². The predicted octanol–water partition coefficient (Wildman–Crippen LogP) is 4.24. The Labute approximate surface area is 187 Å². The molecule has 1 aliphatic carbocycles. The van der Waals surface area contributed by atoms with Gasteiger partial charge in [-0.05, 0) is 61.4 Å². The van der Waals surface area contributed by atoms with Gasteiger partial charge in [-0.15, -0.1) is 10.2 Å². The summed E-state index contributed by atoms with van der Waals surface area (Å²) in [4.78, 5) is 12.3. The van der Waals surface area contributed by atoms with E-state index in [1.54, 1.807) is 0 Å². The third kappa shape index (κ3) is 5.47. The van der Waals surface area contributed by atoms with Crippen molar-refractivity contribution in [3.63, 3.8) is 0 Å². The maximum atomic E-state index is 12.3. The quantitative estimate of drug-likeness (QED) is 0.535. The van der Waals surface area contributed by atoms with Gasteiger partial charge in [-0.1, -0.05) is 48.2 Å². The Hall–Kier alpha value is -2.80. The Morgan fingerprint density at radius 3 is 2.71 bits per heavy atom. The summed E-state index contributed by atoms with van der Waals surface area (Å²) in [5.74, 6) is 1.86. The zero-order valence-electron chi connectivity index (χ0n) is 18.0. The minimum absolute atomic E-state index is 0.0313. The summed E-state index contributed by atoms with van der Waals surface area (Å²) < 4.78 is 7.85. The van der Waals surface area contributed by atoms with Gasteiger partial charge in [0.25, 0.3) is 0 Å². The highest BCUT2D eigenvalue weighted by Crippen LogP contribution is 2.26. The van der Waals surface area contributed by atoms with E-state index < -0.39 is 0 Å². The summed E-state index contributed by atoms with van der Waals surface area (Å²) in [5.41, 5.74) is 3.92. The second-order valence-corrected chi connectivity index (χ2v) is 8.82. The minimum Gasteiger partial charge on any atom is -0.486 e. The summed E-state index contributed by atoms with van der Waals surface area (Å²) in [7, 11) is 1.90. The summed E-state index contributed by atoms with van der Waals surface area (Å²) >= 11 is 1.38. The van der Waals surface area contributed by atoms with Crippen molar-refractivity contribution in [2.45, 2.75) is 50.4 Å². The Balaban J connectivity index is 1.28. The second-order valence-electron chi connectivity index (χ2n) is 7.87. The van der Waals surface area contributed by atoms with Crippen LogP contribution in [0.4, 0.5) is 0 Å². The Morgan fingerprint density at radius 2 is 1.90 bits per heavy atom. The fourth-order valence-corrected chi connectivity index (χ4v) is 4.52. The zero-order chi connectivity index (χ0) is 21.6. The number of benzene rings is 2. The topological polar surface area (TPSA) is 69.0 Å². The number of rotatable bonds is 8. The van der Waals surface area contributed by atoms with Crippen molar-refractivity contribution in [1.82, 2.24) is 20.1 Å². The average Bonchev–Trinajstić information content (AvgIpc) is 3.16. The number of aryl methyl sites for hydroxylation is 2. The van der Waals surface area contributed by atoms with Gasteiger partial charge in [-0.2, -0.15) is 0 Å². The number of nitrogens with one attached hydrogen (secondary N) is 1. The summed E-state index contributed by atoms with van der Waals surface area (Å²) in [6.07, 6.45) is 4.81. The Morgan fingerprint density at radius 1 is 1.13 bits per heavy atom. The molecule has 0 saturated carbocycles. The van der Waals surface area contributed by atoms with E-state index in [0.717, 1.165) is 30.0 Å². The molecule has 0 aliphatic heterocycles. The lowest BCUT2D eigenvalue weighted by Gasteiger charge is -2.16. The normalized spacial score (nSPS) is 14.0. The van der Waals surface area contributed by atoms with Gasteiger partial charge < -0.3 is 14.6 Å². The molecule has 6 nitrogen and oxygen atoms in total. The van der Waals surface area contributed by atoms with Gasteiger partial charge in [0.2, 0.25) is 5.91 Å². The van der Waals surface area contributed by atoms with Crippen molar-refractivity contribution in [2.75, 3.05) is 5.75 Å². The van der Waals surface area contributed by atoms with Gasteiger partial charge in [0, 0.05) is 7.05 Å². The Bertz CT molecular complexity index is 1040. The zero-order valence-corrected chi connectivity index (χ0v) is 18.8. The molecule has 1 amide bonds. The first kappa shape index (κ1) is 21.4. The molecule has 4 rings (SSSR count). The molecule has 7 heteroatoms. The molecule has 1 aliphatic rings. The molecule has 1 aromatic heterocycles. The van der Waals surface area contributed by atoms with Crippen LogP contribution in [0.15, 0.2) is 53.7 Å². The van der Waals surface area contributed by atoms with Gasteiger partial charge >= 0.3 is 0 Å². The number of thioether (sulfide) groups is 1. The van der Waals surface area contributed by atoms with E-state index in [4.69, 9.17) is 4.74 Å². The molecule has 3 aromatic rings. The molecule has 0 saturated heterocycles. The van der Waals surface area contributed by atoms with Crippen molar-refractivity contribution >= 4 is 17.7 Å². The van der Waals surface area contributed by atoms with Crippen molar-refractivity contribution in [3.05, 3.63) is 71.0 Å². The minimum atomic E-state index is -0.0330. The van der Waals surface area contributed by atoms with Crippen LogP contribution < -0.4 is 10.1 Å². The van der Waals surface area contributed by atoms with Crippen molar-refractivity contribution < 1.29 is 9.53 Å². The standard InChI is InChI=1S/C24H28N4O2S/c1-17(18-8-4-3-5-9-18)25-23(29)16-31-24-27-26-22(28(24)2)15-30-21-13-12-19-10-6-7-11-20(19)14-21/h3-5,8-9,12-14,17H,6-7,10-11,15-16H2,1-2H3,(H,25,29)/t17-/m0/s1. The van der Waals surface area contributed by atoms with Gasteiger partial charge in [0.1, 0.15) is 12.4 Å². The predicted molar refractivity (Wildman–Crippen MR) is 122 cm³/mol. The number of amides is 1. The molecule has 1 N–H and O–H groups in total. The fourth-order valence-electron chi connectivity index (χ4n) is 3.78. The highest BCUT2D eigenvalue weighted by molar-refractivity contribution is 7.99. The van der Waals surface area contributed by atoms with Crippen LogP contribution in [-0.2, 0) is 31.3 Å². The van der Waals surface area contributed by atoms with E-state index in [0.29, 0.717) is 11.8 Å².